The maximum absolute atomic E-state index is 12.6. The molecule has 0 aliphatic heterocycles. The summed E-state index contributed by atoms with van der Waals surface area (Å²) >= 11 is 1.67. The van der Waals surface area contributed by atoms with Gasteiger partial charge in [0.25, 0.3) is 5.91 Å². The average molecular weight is 346 g/mol. The third-order valence-corrected chi connectivity index (χ3v) is 5.44. The monoisotopic (exact) mass is 346 g/mol. The number of aryl methyl sites for hydroxylation is 1. The van der Waals surface area contributed by atoms with Gasteiger partial charge in [-0.1, -0.05) is 6.07 Å². The Morgan fingerprint density at radius 3 is 2.83 bits per heavy atom. The van der Waals surface area contributed by atoms with Gasteiger partial charge < -0.3 is 14.6 Å². The van der Waals surface area contributed by atoms with Gasteiger partial charge in [-0.3, -0.25) is 9.59 Å². The smallest absolute Gasteiger partial charge is 0.287 e. The minimum absolute atomic E-state index is 0.0845. The van der Waals surface area contributed by atoms with Crippen LogP contribution in [0.4, 0.5) is 0 Å². The largest absolute Gasteiger partial charge is 0.455 e. The lowest BCUT2D eigenvalue weighted by molar-refractivity contribution is 0.0908. The van der Waals surface area contributed by atoms with Crippen molar-refractivity contribution in [3.63, 3.8) is 0 Å². The van der Waals surface area contributed by atoms with Crippen molar-refractivity contribution in [2.24, 2.45) is 0 Å². The Hall–Kier alpha value is -1.92. The highest BCUT2D eigenvalue weighted by Crippen LogP contribution is 2.29. The van der Waals surface area contributed by atoms with E-state index in [2.05, 4.69) is 16.3 Å². The maximum Gasteiger partial charge on any atom is 0.287 e. The summed E-state index contributed by atoms with van der Waals surface area (Å²) in [6.45, 7) is 2.29. The van der Waals surface area contributed by atoms with E-state index in [0.717, 1.165) is 12.8 Å². The molecule has 0 radical (unpaired) electrons. The van der Waals surface area contributed by atoms with Crippen LogP contribution in [-0.4, -0.2) is 37.2 Å². The van der Waals surface area contributed by atoms with Crippen LogP contribution in [-0.2, 0) is 6.42 Å². The number of Topliss-reactive ketones (excluding diaryl/α,β-unsaturated/α-hetero) is 1. The molecule has 3 rings (SSSR count). The number of hydrogen-bond donors (Lipinski definition) is 1. The molecular formula is C18H22N2O3S. The number of carbonyl (C=O) groups is 2. The predicted octanol–water partition coefficient (Wildman–Crippen LogP) is 3.20. The second-order valence-corrected chi connectivity index (χ2v) is 7.32. The number of nitrogens with one attached hydrogen (secondary N) is 1. The van der Waals surface area contributed by atoms with Crippen LogP contribution in [0.2, 0.25) is 0 Å². The first-order chi connectivity index (χ1) is 11.5. The molecule has 6 heteroatoms. The summed E-state index contributed by atoms with van der Waals surface area (Å²) in [6, 6.07) is 4.19. The molecule has 1 aliphatic carbocycles. The summed E-state index contributed by atoms with van der Waals surface area (Å²) in [5, 5.41) is 4.99. The van der Waals surface area contributed by atoms with E-state index in [9.17, 15) is 9.59 Å². The van der Waals surface area contributed by atoms with Crippen molar-refractivity contribution in [1.29, 1.82) is 0 Å². The first kappa shape index (κ1) is 16.9. The molecule has 0 aromatic carbocycles. The molecule has 0 unspecified atom stereocenters. The first-order valence-corrected chi connectivity index (χ1v) is 9.00. The zero-order chi connectivity index (χ0) is 17.3. The number of hydrogen-bond acceptors (Lipinski definition) is 5. The lowest BCUT2D eigenvalue weighted by Gasteiger charge is -2.23. The van der Waals surface area contributed by atoms with E-state index in [1.165, 1.54) is 4.88 Å². The zero-order valence-corrected chi connectivity index (χ0v) is 15.0. The van der Waals surface area contributed by atoms with Crippen molar-refractivity contribution in [2.45, 2.75) is 32.2 Å². The van der Waals surface area contributed by atoms with Gasteiger partial charge >= 0.3 is 0 Å². The van der Waals surface area contributed by atoms with E-state index in [4.69, 9.17) is 4.42 Å². The minimum atomic E-state index is -0.252. The first-order valence-electron chi connectivity index (χ1n) is 8.12. The lowest BCUT2D eigenvalue weighted by Crippen LogP contribution is -2.34. The van der Waals surface area contributed by atoms with Crippen molar-refractivity contribution in [2.75, 3.05) is 20.6 Å². The highest BCUT2D eigenvalue weighted by atomic mass is 32.1. The molecule has 2 heterocycles. The molecule has 0 bridgehead atoms. The van der Waals surface area contributed by atoms with Gasteiger partial charge in [0, 0.05) is 29.8 Å². The number of carbonyl (C=O) groups excluding carboxylic acids is 2. The summed E-state index contributed by atoms with van der Waals surface area (Å²) in [6.07, 6.45) is 2.06. The summed E-state index contributed by atoms with van der Waals surface area (Å²) in [7, 11) is 3.98. The Morgan fingerprint density at radius 2 is 2.21 bits per heavy atom. The van der Waals surface area contributed by atoms with Crippen molar-refractivity contribution in [3.05, 3.63) is 45.0 Å². The van der Waals surface area contributed by atoms with Crippen LogP contribution in [0.25, 0.3) is 0 Å². The van der Waals surface area contributed by atoms with Crippen molar-refractivity contribution in [1.82, 2.24) is 10.2 Å². The van der Waals surface area contributed by atoms with Gasteiger partial charge in [-0.2, -0.15) is 0 Å². The Balaban J connectivity index is 1.75. The molecule has 24 heavy (non-hydrogen) atoms. The van der Waals surface area contributed by atoms with E-state index >= 15 is 0 Å². The standard InChI is InChI=1S/C18H22N2O3S/c1-11-16-13(21)6-4-7-14(16)23-17(11)18(22)19-10-12(20(2)3)15-8-5-9-24-15/h5,8-9,12H,4,6-7,10H2,1-3H3,(H,19,22)/t12-/m0/s1. The molecule has 1 atom stereocenters. The molecule has 2 aromatic rings. The fourth-order valence-electron chi connectivity index (χ4n) is 3.15. The van der Waals surface area contributed by atoms with Gasteiger partial charge in [0.2, 0.25) is 0 Å². The number of rotatable bonds is 5. The normalized spacial score (nSPS) is 15.4. The van der Waals surface area contributed by atoms with E-state index in [0.29, 0.717) is 29.9 Å². The topological polar surface area (TPSA) is 62.6 Å². The Bertz CT molecular complexity index is 747. The number of fused-ring (bicyclic) bond motifs is 1. The van der Waals surface area contributed by atoms with E-state index in [-0.39, 0.29) is 23.5 Å². The molecule has 128 valence electrons. The molecule has 0 saturated carbocycles. The highest BCUT2D eigenvalue weighted by Gasteiger charge is 2.29. The minimum Gasteiger partial charge on any atom is -0.455 e. The van der Waals surface area contributed by atoms with Crippen LogP contribution in [0.1, 0.15) is 56.0 Å². The molecule has 1 aliphatic rings. The van der Waals surface area contributed by atoms with Gasteiger partial charge in [-0.15, -0.1) is 11.3 Å². The van der Waals surface area contributed by atoms with Crippen LogP contribution < -0.4 is 5.32 Å². The van der Waals surface area contributed by atoms with Crippen LogP contribution in [0.15, 0.2) is 21.9 Å². The number of likely N-dealkylation sites (N-methyl/N-ethyl adjacent to an activating group) is 1. The number of furan rings is 1. The summed E-state index contributed by atoms with van der Waals surface area (Å²) in [4.78, 5) is 27.9. The molecule has 1 amide bonds. The molecule has 0 spiro atoms. The zero-order valence-electron chi connectivity index (χ0n) is 14.2. The van der Waals surface area contributed by atoms with Gasteiger partial charge in [0.1, 0.15) is 5.76 Å². The predicted molar refractivity (Wildman–Crippen MR) is 93.8 cm³/mol. The molecular weight excluding hydrogens is 324 g/mol. The van der Waals surface area contributed by atoms with Crippen LogP contribution in [0, 0.1) is 6.92 Å². The van der Waals surface area contributed by atoms with Crippen LogP contribution >= 0.6 is 11.3 Å². The molecule has 5 nitrogen and oxygen atoms in total. The third-order valence-electron chi connectivity index (χ3n) is 4.46. The van der Waals surface area contributed by atoms with Crippen molar-refractivity contribution in [3.8, 4) is 0 Å². The molecule has 0 fully saturated rings. The van der Waals surface area contributed by atoms with Gasteiger partial charge in [-0.05, 0) is 38.9 Å². The van der Waals surface area contributed by atoms with Crippen LogP contribution in [0.3, 0.4) is 0 Å². The Kier molecular flexibility index (Phi) is 4.87. The van der Waals surface area contributed by atoms with Crippen molar-refractivity contribution >= 4 is 23.0 Å². The average Bonchev–Trinajstić information content (AvgIpc) is 3.16. The second kappa shape index (κ2) is 6.91. The fraction of sp³-hybridized carbons (Fsp3) is 0.444. The molecule has 1 N–H and O–H groups in total. The second-order valence-electron chi connectivity index (χ2n) is 6.34. The third kappa shape index (κ3) is 3.16. The maximum atomic E-state index is 12.6. The van der Waals surface area contributed by atoms with Crippen LogP contribution in [0.5, 0.6) is 0 Å². The van der Waals surface area contributed by atoms with E-state index < -0.39 is 0 Å². The molecule has 2 aromatic heterocycles. The highest BCUT2D eigenvalue weighted by molar-refractivity contribution is 7.10. The quantitative estimate of drug-likeness (QED) is 0.903. The van der Waals surface area contributed by atoms with Gasteiger partial charge in [0.15, 0.2) is 11.5 Å². The van der Waals surface area contributed by atoms with Crippen molar-refractivity contribution < 1.29 is 14.0 Å². The number of ketones is 1. The Morgan fingerprint density at radius 1 is 1.42 bits per heavy atom. The summed E-state index contributed by atoms with van der Waals surface area (Å²) < 4.78 is 5.71. The fourth-order valence-corrected chi connectivity index (χ4v) is 4.08. The van der Waals surface area contributed by atoms with Gasteiger partial charge in [-0.25, -0.2) is 0 Å². The number of thiophene rings is 1. The number of amides is 1. The van der Waals surface area contributed by atoms with E-state index in [1.54, 1.807) is 18.3 Å². The lowest BCUT2D eigenvalue weighted by atomic mass is 9.94. The molecule has 0 saturated heterocycles. The van der Waals surface area contributed by atoms with Gasteiger partial charge in [0.05, 0.1) is 11.6 Å². The summed E-state index contributed by atoms with van der Waals surface area (Å²) in [5.41, 5.74) is 1.29. The van der Waals surface area contributed by atoms with E-state index in [1.807, 2.05) is 25.5 Å². The SMILES string of the molecule is Cc1c(C(=O)NC[C@@H](c2cccs2)N(C)C)oc2c1C(=O)CCC2. The Labute approximate surface area is 145 Å². The number of nitrogens with zero attached hydrogens (tertiary/aromatic N) is 1. The summed E-state index contributed by atoms with van der Waals surface area (Å²) in [5.74, 6) is 0.773.